The van der Waals surface area contributed by atoms with Crippen LogP contribution < -0.4 is 10.6 Å². The summed E-state index contributed by atoms with van der Waals surface area (Å²) >= 11 is 1.53. The van der Waals surface area contributed by atoms with Crippen molar-refractivity contribution < 1.29 is 14.0 Å². The Morgan fingerprint density at radius 1 is 1.14 bits per heavy atom. The molecule has 28 heavy (non-hydrogen) atoms. The quantitative estimate of drug-likeness (QED) is 0.751. The van der Waals surface area contributed by atoms with Crippen LogP contribution in [0.5, 0.6) is 0 Å². The van der Waals surface area contributed by atoms with Crippen molar-refractivity contribution >= 4 is 29.7 Å². The van der Waals surface area contributed by atoms with Crippen LogP contribution in [0.1, 0.15) is 56.9 Å². The second-order valence-corrected chi connectivity index (χ2v) is 9.40. The van der Waals surface area contributed by atoms with Gasteiger partial charge in [0.1, 0.15) is 5.82 Å². The summed E-state index contributed by atoms with van der Waals surface area (Å²) in [7, 11) is 0. The number of benzene rings is 1. The van der Waals surface area contributed by atoms with Crippen molar-refractivity contribution in [2.45, 2.75) is 68.7 Å². The minimum atomic E-state index is -0.325. The van der Waals surface area contributed by atoms with Crippen LogP contribution in [0.2, 0.25) is 0 Å². The van der Waals surface area contributed by atoms with Crippen LogP contribution >= 0.6 is 11.8 Å². The van der Waals surface area contributed by atoms with E-state index >= 15 is 0 Å². The Hall–Kier alpha value is -1.82. The Kier molecular flexibility index (Phi) is 6.04. The van der Waals surface area contributed by atoms with Gasteiger partial charge in [-0.05, 0) is 44.2 Å². The van der Waals surface area contributed by atoms with Crippen molar-refractivity contribution in [3.63, 3.8) is 0 Å². The first-order valence-electron chi connectivity index (χ1n) is 10.3. The molecule has 3 fully saturated rings. The van der Waals surface area contributed by atoms with E-state index < -0.39 is 0 Å². The number of carbonyl (C=O) groups is 2. The predicted octanol–water partition coefficient (Wildman–Crippen LogP) is 4.02. The van der Waals surface area contributed by atoms with Crippen LogP contribution in [0.4, 0.5) is 4.39 Å². The summed E-state index contributed by atoms with van der Waals surface area (Å²) < 4.78 is 13.9. The van der Waals surface area contributed by atoms with Crippen LogP contribution in [0, 0.1) is 11.7 Å². The zero-order valence-corrected chi connectivity index (χ0v) is 16.8. The third-order valence-corrected chi connectivity index (χ3v) is 7.54. The number of hydrogen-bond donors (Lipinski definition) is 2. The van der Waals surface area contributed by atoms with Gasteiger partial charge in [-0.25, -0.2) is 4.39 Å². The van der Waals surface area contributed by atoms with E-state index in [1.165, 1.54) is 37.1 Å². The summed E-state index contributed by atoms with van der Waals surface area (Å²) in [6, 6.07) is 6.81. The Bertz CT molecular complexity index is 776. The molecule has 3 aliphatic rings. The minimum absolute atomic E-state index is 0.00567. The number of rotatable bonds is 3. The van der Waals surface area contributed by atoms with Gasteiger partial charge >= 0.3 is 0 Å². The SMILES string of the molecule is O=C1NC2CC(C(=O)NC3CCCCC3)CCC2S/C1=C/c1ccccc1F. The van der Waals surface area contributed by atoms with Crippen molar-refractivity contribution in [2.75, 3.05) is 0 Å². The van der Waals surface area contributed by atoms with Crippen LogP contribution in [-0.2, 0) is 9.59 Å². The molecule has 2 saturated carbocycles. The Labute approximate surface area is 169 Å². The number of halogens is 1. The molecular weight excluding hydrogens is 375 g/mol. The van der Waals surface area contributed by atoms with E-state index in [1.807, 2.05) is 0 Å². The van der Waals surface area contributed by atoms with E-state index in [0.29, 0.717) is 22.9 Å². The number of fused-ring (bicyclic) bond motifs is 1. The average Bonchev–Trinajstić information content (AvgIpc) is 2.70. The van der Waals surface area contributed by atoms with E-state index in [-0.39, 0.29) is 34.8 Å². The van der Waals surface area contributed by atoms with Gasteiger partial charge in [0.05, 0.1) is 4.91 Å². The molecule has 1 saturated heterocycles. The van der Waals surface area contributed by atoms with Gasteiger partial charge in [0.2, 0.25) is 5.91 Å². The van der Waals surface area contributed by atoms with Gasteiger partial charge < -0.3 is 10.6 Å². The summed E-state index contributed by atoms with van der Waals surface area (Å²) in [6.45, 7) is 0. The first-order chi connectivity index (χ1) is 13.6. The molecule has 4 rings (SSSR count). The fourth-order valence-electron chi connectivity index (χ4n) is 4.53. The highest BCUT2D eigenvalue weighted by atomic mass is 32.2. The smallest absolute Gasteiger partial charge is 0.257 e. The first kappa shape index (κ1) is 19.5. The molecule has 1 heterocycles. The summed E-state index contributed by atoms with van der Waals surface area (Å²) in [6.07, 6.45) is 9.88. The van der Waals surface area contributed by atoms with Gasteiger partial charge in [-0.3, -0.25) is 9.59 Å². The monoisotopic (exact) mass is 402 g/mol. The molecule has 1 aromatic carbocycles. The lowest BCUT2D eigenvalue weighted by atomic mass is 9.84. The van der Waals surface area contributed by atoms with Crippen molar-refractivity contribution in [1.29, 1.82) is 0 Å². The number of nitrogens with one attached hydrogen (secondary N) is 2. The van der Waals surface area contributed by atoms with Gasteiger partial charge in [-0.15, -0.1) is 11.8 Å². The second kappa shape index (κ2) is 8.68. The van der Waals surface area contributed by atoms with Crippen molar-refractivity contribution in [3.05, 3.63) is 40.6 Å². The van der Waals surface area contributed by atoms with Crippen LogP contribution in [0.25, 0.3) is 6.08 Å². The summed E-state index contributed by atoms with van der Waals surface area (Å²) in [4.78, 5) is 25.8. The maximum atomic E-state index is 13.9. The Morgan fingerprint density at radius 2 is 1.93 bits per heavy atom. The number of hydrogen-bond acceptors (Lipinski definition) is 3. The standard InChI is InChI=1S/C22H27FN2O2S/c23-17-9-5-4-6-14(17)13-20-22(27)25-18-12-15(10-11-19(18)28-20)21(26)24-16-7-2-1-3-8-16/h4-6,9,13,15-16,18-19H,1-3,7-8,10-12H2,(H,24,26)(H,25,27)/b20-13+. The van der Waals surface area contributed by atoms with E-state index in [2.05, 4.69) is 10.6 Å². The van der Waals surface area contributed by atoms with Crippen LogP contribution in [0.15, 0.2) is 29.2 Å². The predicted molar refractivity (Wildman–Crippen MR) is 110 cm³/mol. The topological polar surface area (TPSA) is 58.2 Å². The Morgan fingerprint density at radius 3 is 2.71 bits per heavy atom. The number of amides is 2. The lowest BCUT2D eigenvalue weighted by Crippen LogP contribution is -2.52. The minimum Gasteiger partial charge on any atom is -0.353 e. The second-order valence-electron chi connectivity index (χ2n) is 8.12. The highest BCUT2D eigenvalue weighted by Gasteiger charge is 2.40. The van der Waals surface area contributed by atoms with Gasteiger partial charge in [-0.1, -0.05) is 37.5 Å². The molecule has 2 aliphatic carbocycles. The van der Waals surface area contributed by atoms with Crippen LogP contribution in [-0.4, -0.2) is 29.1 Å². The molecule has 2 amide bonds. The molecule has 0 bridgehead atoms. The largest absolute Gasteiger partial charge is 0.353 e. The van der Waals surface area contributed by atoms with E-state index in [1.54, 1.807) is 24.3 Å². The lowest BCUT2D eigenvalue weighted by molar-refractivity contribution is -0.128. The maximum absolute atomic E-state index is 13.9. The third kappa shape index (κ3) is 4.43. The molecule has 2 N–H and O–H groups in total. The molecule has 1 aliphatic heterocycles. The van der Waals surface area contributed by atoms with Gasteiger partial charge in [0.25, 0.3) is 5.91 Å². The summed E-state index contributed by atoms with van der Waals surface area (Å²) in [5.74, 6) is -0.366. The average molecular weight is 403 g/mol. The molecular formula is C22H27FN2O2S. The number of thioether (sulfide) groups is 1. The van der Waals surface area contributed by atoms with Crippen molar-refractivity contribution in [3.8, 4) is 0 Å². The zero-order valence-electron chi connectivity index (χ0n) is 16.0. The fourth-order valence-corrected chi connectivity index (χ4v) is 5.81. The molecule has 4 nitrogen and oxygen atoms in total. The molecule has 0 radical (unpaired) electrons. The first-order valence-corrected chi connectivity index (χ1v) is 11.2. The number of carbonyl (C=O) groups excluding carboxylic acids is 2. The van der Waals surface area contributed by atoms with Crippen LogP contribution in [0.3, 0.4) is 0 Å². The summed E-state index contributed by atoms with van der Waals surface area (Å²) in [5, 5.41) is 6.54. The summed E-state index contributed by atoms with van der Waals surface area (Å²) in [5.41, 5.74) is 0.430. The highest BCUT2D eigenvalue weighted by molar-refractivity contribution is 8.04. The van der Waals surface area contributed by atoms with Gasteiger partial charge in [-0.2, -0.15) is 0 Å². The van der Waals surface area contributed by atoms with E-state index in [4.69, 9.17) is 0 Å². The van der Waals surface area contributed by atoms with E-state index in [9.17, 15) is 14.0 Å². The van der Waals surface area contributed by atoms with Crippen molar-refractivity contribution in [2.24, 2.45) is 5.92 Å². The molecule has 0 spiro atoms. The Balaban J connectivity index is 1.37. The van der Waals surface area contributed by atoms with E-state index in [0.717, 1.165) is 25.7 Å². The molecule has 150 valence electrons. The molecule has 1 aromatic rings. The molecule has 3 unspecified atom stereocenters. The molecule has 3 atom stereocenters. The molecule has 6 heteroatoms. The van der Waals surface area contributed by atoms with Crippen molar-refractivity contribution in [1.82, 2.24) is 10.6 Å². The third-order valence-electron chi connectivity index (χ3n) is 6.12. The molecule has 0 aromatic heterocycles. The van der Waals surface area contributed by atoms with Gasteiger partial charge in [0, 0.05) is 28.8 Å². The fraction of sp³-hybridized carbons (Fsp3) is 0.545. The lowest BCUT2D eigenvalue weighted by Gasteiger charge is -2.39. The maximum Gasteiger partial charge on any atom is 0.257 e. The van der Waals surface area contributed by atoms with Gasteiger partial charge in [0.15, 0.2) is 0 Å². The highest BCUT2D eigenvalue weighted by Crippen LogP contribution is 2.40. The normalized spacial score (nSPS) is 29.8. The zero-order chi connectivity index (χ0) is 19.5.